The number of hydrogen-bond donors (Lipinski definition) is 2. The van der Waals surface area contributed by atoms with Crippen LogP contribution in [0, 0.1) is 0 Å². The molecule has 1 aliphatic heterocycles. The molecule has 17 heavy (non-hydrogen) atoms. The van der Waals surface area contributed by atoms with E-state index in [2.05, 4.69) is 23.6 Å². The Labute approximate surface area is 110 Å². The maximum Gasteiger partial charge on any atom is 0.0928 e. The van der Waals surface area contributed by atoms with Crippen LogP contribution < -0.4 is 5.73 Å². The van der Waals surface area contributed by atoms with E-state index in [1.165, 1.54) is 0 Å². The van der Waals surface area contributed by atoms with E-state index in [0.29, 0.717) is 11.6 Å². The third-order valence-corrected chi connectivity index (χ3v) is 4.15. The van der Waals surface area contributed by atoms with Gasteiger partial charge in [-0.25, -0.2) is 0 Å². The largest absolute Gasteiger partial charge is 0.396 e. The van der Waals surface area contributed by atoms with Gasteiger partial charge in [-0.15, -0.1) is 0 Å². The molecular formula is C12H25N3OS. The van der Waals surface area contributed by atoms with Gasteiger partial charge in [0.1, 0.15) is 0 Å². The average molecular weight is 259 g/mol. The molecule has 1 fully saturated rings. The van der Waals surface area contributed by atoms with E-state index in [1.807, 2.05) is 0 Å². The van der Waals surface area contributed by atoms with Crippen LogP contribution in [0.4, 0.5) is 0 Å². The van der Waals surface area contributed by atoms with Gasteiger partial charge < -0.3 is 15.7 Å². The highest BCUT2D eigenvalue weighted by atomic mass is 32.1. The minimum absolute atomic E-state index is 0.174. The van der Waals surface area contributed by atoms with Gasteiger partial charge in [0.2, 0.25) is 0 Å². The SMILES string of the molecule is CC(C)(C(N)=S)N1CCN(CCCCO)CC1. The lowest BCUT2D eigenvalue weighted by atomic mass is 10.0. The third kappa shape index (κ3) is 4.17. The molecule has 1 aliphatic rings. The second-order valence-corrected chi connectivity index (χ2v) is 5.62. The van der Waals surface area contributed by atoms with Gasteiger partial charge in [0.05, 0.1) is 10.5 Å². The first-order valence-corrected chi connectivity index (χ1v) is 6.77. The number of rotatable bonds is 6. The maximum atomic E-state index is 8.75. The normalized spacial score (nSPS) is 19.5. The summed E-state index contributed by atoms with van der Waals surface area (Å²) >= 11 is 5.12. The van der Waals surface area contributed by atoms with Crippen LogP contribution >= 0.6 is 12.2 Å². The Bertz CT molecular complexity index is 250. The van der Waals surface area contributed by atoms with Crippen molar-refractivity contribution < 1.29 is 5.11 Å². The van der Waals surface area contributed by atoms with Gasteiger partial charge in [0.15, 0.2) is 0 Å². The Morgan fingerprint density at radius 1 is 1.24 bits per heavy atom. The first-order chi connectivity index (χ1) is 7.98. The zero-order valence-electron chi connectivity index (χ0n) is 11.0. The van der Waals surface area contributed by atoms with Crippen molar-refractivity contribution in [1.29, 1.82) is 0 Å². The lowest BCUT2D eigenvalue weighted by molar-refractivity contribution is 0.0842. The molecule has 1 saturated heterocycles. The van der Waals surface area contributed by atoms with Crippen LogP contribution in [0.25, 0.3) is 0 Å². The number of hydrogen-bond acceptors (Lipinski definition) is 4. The molecule has 1 heterocycles. The smallest absolute Gasteiger partial charge is 0.0928 e. The molecule has 0 aromatic carbocycles. The molecule has 0 saturated carbocycles. The van der Waals surface area contributed by atoms with E-state index < -0.39 is 0 Å². The second kappa shape index (κ2) is 6.64. The lowest BCUT2D eigenvalue weighted by Gasteiger charge is -2.43. The summed E-state index contributed by atoms with van der Waals surface area (Å²) in [6.45, 7) is 9.74. The number of unbranched alkanes of at least 4 members (excludes halogenated alkanes) is 1. The Kier molecular flexibility index (Phi) is 5.79. The fraction of sp³-hybridized carbons (Fsp3) is 0.917. The van der Waals surface area contributed by atoms with Gasteiger partial charge in [-0.2, -0.15) is 0 Å². The van der Waals surface area contributed by atoms with Crippen molar-refractivity contribution in [2.45, 2.75) is 32.2 Å². The van der Waals surface area contributed by atoms with Crippen molar-refractivity contribution in [3.8, 4) is 0 Å². The minimum atomic E-state index is -0.174. The van der Waals surface area contributed by atoms with E-state index in [4.69, 9.17) is 23.1 Å². The summed E-state index contributed by atoms with van der Waals surface area (Å²) in [5, 5.41) is 8.75. The zero-order valence-corrected chi connectivity index (χ0v) is 11.8. The Morgan fingerprint density at radius 2 is 1.82 bits per heavy atom. The highest BCUT2D eigenvalue weighted by Crippen LogP contribution is 2.17. The zero-order chi connectivity index (χ0) is 12.9. The maximum absolute atomic E-state index is 8.75. The molecule has 0 unspecified atom stereocenters. The molecule has 5 heteroatoms. The van der Waals surface area contributed by atoms with Gasteiger partial charge >= 0.3 is 0 Å². The third-order valence-electron chi connectivity index (χ3n) is 3.65. The number of thiocarbonyl (C=S) groups is 1. The molecule has 0 bridgehead atoms. The number of aliphatic hydroxyl groups is 1. The lowest BCUT2D eigenvalue weighted by Crippen LogP contribution is -2.59. The molecule has 4 nitrogen and oxygen atoms in total. The number of nitrogens with zero attached hydrogens (tertiary/aromatic N) is 2. The van der Waals surface area contributed by atoms with E-state index in [1.54, 1.807) is 0 Å². The number of aliphatic hydroxyl groups excluding tert-OH is 1. The van der Waals surface area contributed by atoms with Crippen molar-refractivity contribution in [2.75, 3.05) is 39.3 Å². The predicted molar refractivity (Wildman–Crippen MR) is 75.2 cm³/mol. The first-order valence-electron chi connectivity index (χ1n) is 6.36. The van der Waals surface area contributed by atoms with Crippen molar-refractivity contribution >= 4 is 17.2 Å². The number of nitrogens with two attached hydrogens (primary N) is 1. The monoisotopic (exact) mass is 259 g/mol. The molecule has 100 valence electrons. The van der Waals surface area contributed by atoms with E-state index in [9.17, 15) is 0 Å². The molecule has 0 radical (unpaired) electrons. The van der Waals surface area contributed by atoms with Gasteiger partial charge in [-0.1, -0.05) is 12.2 Å². The fourth-order valence-electron chi connectivity index (χ4n) is 2.13. The van der Waals surface area contributed by atoms with E-state index >= 15 is 0 Å². The van der Waals surface area contributed by atoms with Gasteiger partial charge in [0, 0.05) is 32.8 Å². The average Bonchev–Trinajstić information content (AvgIpc) is 2.30. The second-order valence-electron chi connectivity index (χ2n) is 5.18. The summed E-state index contributed by atoms with van der Waals surface area (Å²) in [7, 11) is 0. The van der Waals surface area contributed by atoms with Crippen LogP contribution in [-0.2, 0) is 0 Å². The van der Waals surface area contributed by atoms with Crippen LogP contribution in [0.1, 0.15) is 26.7 Å². The predicted octanol–water partition coefficient (Wildman–Crippen LogP) is 0.441. The summed E-state index contributed by atoms with van der Waals surface area (Å²) in [5.41, 5.74) is 5.61. The van der Waals surface area contributed by atoms with Gasteiger partial charge in [0.25, 0.3) is 0 Å². The Hall–Kier alpha value is -0.230. The van der Waals surface area contributed by atoms with Crippen molar-refractivity contribution in [3.05, 3.63) is 0 Å². The molecule has 0 aliphatic carbocycles. The standard InChI is InChI=1S/C12H25N3OS/c1-12(2,11(13)17)15-8-6-14(7-9-15)5-3-4-10-16/h16H,3-10H2,1-2H3,(H2,13,17). The highest BCUT2D eigenvalue weighted by molar-refractivity contribution is 7.80. The van der Waals surface area contributed by atoms with E-state index in [0.717, 1.165) is 45.6 Å². The molecule has 0 aromatic heterocycles. The number of piperazine rings is 1. The fourth-order valence-corrected chi connectivity index (χ4v) is 2.26. The van der Waals surface area contributed by atoms with Crippen LogP contribution in [0.5, 0.6) is 0 Å². The van der Waals surface area contributed by atoms with Crippen molar-refractivity contribution in [2.24, 2.45) is 5.73 Å². The Balaban J connectivity index is 2.33. The highest BCUT2D eigenvalue weighted by Gasteiger charge is 2.31. The first kappa shape index (κ1) is 14.8. The summed E-state index contributed by atoms with van der Waals surface area (Å²) in [6, 6.07) is 0. The molecular weight excluding hydrogens is 234 g/mol. The van der Waals surface area contributed by atoms with E-state index in [-0.39, 0.29) is 5.54 Å². The van der Waals surface area contributed by atoms with Crippen LogP contribution in [-0.4, -0.2) is 64.8 Å². The Morgan fingerprint density at radius 3 is 2.29 bits per heavy atom. The molecule has 0 atom stereocenters. The summed E-state index contributed by atoms with van der Waals surface area (Å²) in [6.07, 6.45) is 1.98. The summed E-state index contributed by atoms with van der Waals surface area (Å²) < 4.78 is 0. The summed E-state index contributed by atoms with van der Waals surface area (Å²) in [5.74, 6) is 0. The van der Waals surface area contributed by atoms with Crippen molar-refractivity contribution in [3.63, 3.8) is 0 Å². The molecule has 0 aromatic rings. The summed E-state index contributed by atoms with van der Waals surface area (Å²) in [4.78, 5) is 5.38. The van der Waals surface area contributed by atoms with Gasteiger partial charge in [-0.3, -0.25) is 4.90 Å². The molecule has 0 spiro atoms. The topological polar surface area (TPSA) is 52.7 Å². The molecule has 1 rings (SSSR count). The van der Waals surface area contributed by atoms with Gasteiger partial charge in [-0.05, 0) is 33.2 Å². The molecule has 3 N–H and O–H groups in total. The van der Waals surface area contributed by atoms with Crippen molar-refractivity contribution in [1.82, 2.24) is 9.80 Å². The van der Waals surface area contributed by atoms with Crippen LogP contribution in [0.2, 0.25) is 0 Å². The minimum Gasteiger partial charge on any atom is -0.396 e. The quantitative estimate of drug-likeness (QED) is 0.535. The molecule has 0 amide bonds. The van der Waals surface area contributed by atoms with Crippen LogP contribution in [0.3, 0.4) is 0 Å². The van der Waals surface area contributed by atoms with Crippen LogP contribution in [0.15, 0.2) is 0 Å².